The summed E-state index contributed by atoms with van der Waals surface area (Å²) in [5.41, 5.74) is 5.68. The zero-order valence-corrected chi connectivity index (χ0v) is 12.6. The maximum Gasteiger partial charge on any atom is 0.247 e. The number of rotatable bonds is 5. The van der Waals surface area contributed by atoms with Crippen molar-refractivity contribution in [3.8, 4) is 0 Å². The molecule has 0 saturated carbocycles. The van der Waals surface area contributed by atoms with E-state index in [2.05, 4.69) is 5.10 Å². The quantitative estimate of drug-likeness (QED) is 0.818. The lowest BCUT2D eigenvalue weighted by molar-refractivity contribution is -0.141. The number of carbonyl (C=O) groups is 2. The van der Waals surface area contributed by atoms with Gasteiger partial charge in [-0.1, -0.05) is 0 Å². The third-order valence-corrected chi connectivity index (χ3v) is 4.00. The molecule has 7 heteroatoms. The fourth-order valence-corrected chi connectivity index (χ4v) is 2.72. The fraction of sp³-hybridized carbons (Fsp3) is 0.643. The standard InChI is InChI=1S/C14H23N5O2/c1-11(19-8-4-6-16-19)14(21)17(2)10-13(20)18-7-3-5-12(18)9-15/h4,6,8,11-12H,3,5,7,9-10,15H2,1-2H3. The fourth-order valence-electron chi connectivity index (χ4n) is 2.72. The van der Waals surface area contributed by atoms with Crippen LogP contribution in [0.5, 0.6) is 0 Å². The number of hydrogen-bond donors (Lipinski definition) is 1. The Balaban J connectivity index is 1.93. The average Bonchev–Trinajstić information content (AvgIpc) is 3.15. The molecule has 2 atom stereocenters. The van der Waals surface area contributed by atoms with Crippen molar-refractivity contribution in [1.29, 1.82) is 0 Å². The van der Waals surface area contributed by atoms with Crippen molar-refractivity contribution in [2.75, 3.05) is 26.7 Å². The van der Waals surface area contributed by atoms with E-state index in [1.807, 2.05) is 0 Å². The maximum atomic E-state index is 12.3. The van der Waals surface area contributed by atoms with Crippen LogP contribution in [0.4, 0.5) is 0 Å². The summed E-state index contributed by atoms with van der Waals surface area (Å²) in [5, 5.41) is 4.06. The Labute approximate surface area is 124 Å². The Bertz CT molecular complexity index is 488. The van der Waals surface area contributed by atoms with Gasteiger partial charge >= 0.3 is 0 Å². The maximum absolute atomic E-state index is 12.3. The van der Waals surface area contributed by atoms with E-state index in [-0.39, 0.29) is 24.4 Å². The molecule has 0 spiro atoms. The zero-order chi connectivity index (χ0) is 15.4. The van der Waals surface area contributed by atoms with Crippen molar-refractivity contribution < 1.29 is 9.59 Å². The predicted molar refractivity (Wildman–Crippen MR) is 78.4 cm³/mol. The second-order valence-corrected chi connectivity index (χ2v) is 5.48. The minimum Gasteiger partial charge on any atom is -0.337 e. The smallest absolute Gasteiger partial charge is 0.247 e. The molecule has 1 saturated heterocycles. The molecule has 0 aromatic carbocycles. The van der Waals surface area contributed by atoms with Gasteiger partial charge in [-0.3, -0.25) is 14.3 Å². The van der Waals surface area contributed by atoms with Crippen LogP contribution >= 0.6 is 0 Å². The number of likely N-dealkylation sites (tertiary alicyclic amines) is 1. The highest BCUT2D eigenvalue weighted by Crippen LogP contribution is 2.17. The summed E-state index contributed by atoms with van der Waals surface area (Å²) in [6.07, 6.45) is 5.30. The number of nitrogens with two attached hydrogens (primary N) is 1. The SMILES string of the molecule is CC(C(=O)N(C)CC(=O)N1CCCC1CN)n1cccn1. The number of nitrogens with zero attached hydrogens (tertiary/aromatic N) is 4. The third-order valence-electron chi connectivity index (χ3n) is 4.00. The Morgan fingerprint density at radius 3 is 2.90 bits per heavy atom. The third kappa shape index (κ3) is 3.41. The van der Waals surface area contributed by atoms with Gasteiger partial charge < -0.3 is 15.5 Å². The first kappa shape index (κ1) is 15.5. The van der Waals surface area contributed by atoms with Gasteiger partial charge in [-0.2, -0.15) is 5.10 Å². The van der Waals surface area contributed by atoms with E-state index in [1.54, 1.807) is 42.0 Å². The molecule has 1 aliphatic rings. The van der Waals surface area contributed by atoms with Crippen LogP contribution in [0.15, 0.2) is 18.5 Å². The second kappa shape index (κ2) is 6.71. The van der Waals surface area contributed by atoms with Crippen molar-refractivity contribution in [1.82, 2.24) is 19.6 Å². The first-order valence-corrected chi connectivity index (χ1v) is 7.28. The van der Waals surface area contributed by atoms with Gasteiger partial charge in [-0.05, 0) is 25.8 Å². The number of carbonyl (C=O) groups excluding carboxylic acids is 2. The van der Waals surface area contributed by atoms with Gasteiger partial charge in [0.1, 0.15) is 6.04 Å². The van der Waals surface area contributed by atoms with Gasteiger partial charge in [0.15, 0.2) is 0 Å². The van der Waals surface area contributed by atoms with Gasteiger partial charge in [0.2, 0.25) is 11.8 Å². The average molecular weight is 293 g/mol. The van der Waals surface area contributed by atoms with Gasteiger partial charge in [0, 0.05) is 38.6 Å². The molecule has 0 aliphatic carbocycles. The van der Waals surface area contributed by atoms with Crippen LogP contribution in [0.25, 0.3) is 0 Å². The summed E-state index contributed by atoms with van der Waals surface area (Å²) >= 11 is 0. The molecule has 2 N–H and O–H groups in total. The summed E-state index contributed by atoms with van der Waals surface area (Å²) < 4.78 is 1.59. The lowest BCUT2D eigenvalue weighted by atomic mass is 10.2. The van der Waals surface area contributed by atoms with Crippen molar-refractivity contribution in [2.24, 2.45) is 5.73 Å². The molecular weight excluding hydrogens is 270 g/mol. The zero-order valence-electron chi connectivity index (χ0n) is 12.6. The van der Waals surface area contributed by atoms with Crippen molar-refractivity contribution >= 4 is 11.8 Å². The molecule has 1 fully saturated rings. The minimum atomic E-state index is -0.415. The monoisotopic (exact) mass is 293 g/mol. The van der Waals surface area contributed by atoms with Crippen LogP contribution in [0.3, 0.4) is 0 Å². The number of amides is 2. The van der Waals surface area contributed by atoms with Crippen LogP contribution in [-0.2, 0) is 9.59 Å². The molecule has 2 amide bonds. The van der Waals surface area contributed by atoms with E-state index in [1.165, 1.54) is 4.90 Å². The normalized spacial score (nSPS) is 19.6. The van der Waals surface area contributed by atoms with Crippen LogP contribution in [0.2, 0.25) is 0 Å². The topological polar surface area (TPSA) is 84.5 Å². The van der Waals surface area contributed by atoms with Gasteiger partial charge in [0.25, 0.3) is 0 Å². The molecule has 7 nitrogen and oxygen atoms in total. The molecule has 21 heavy (non-hydrogen) atoms. The highest BCUT2D eigenvalue weighted by molar-refractivity contribution is 5.86. The van der Waals surface area contributed by atoms with E-state index in [0.717, 1.165) is 19.4 Å². The summed E-state index contributed by atoms with van der Waals surface area (Å²) in [7, 11) is 1.65. The van der Waals surface area contributed by atoms with E-state index >= 15 is 0 Å². The summed E-state index contributed by atoms with van der Waals surface area (Å²) in [4.78, 5) is 27.9. The molecule has 2 rings (SSSR count). The molecule has 0 bridgehead atoms. The van der Waals surface area contributed by atoms with Gasteiger partial charge in [0.05, 0.1) is 6.54 Å². The highest BCUT2D eigenvalue weighted by Gasteiger charge is 2.29. The predicted octanol–water partition coefficient (Wildman–Crippen LogP) is -0.148. The summed E-state index contributed by atoms with van der Waals surface area (Å²) in [5.74, 6) is -0.165. The van der Waals surface area contributed by atoms with Crippen LogP contribution in [0.1, 0.15) is 25.8 Å². The van der Waals surface area contributed by atoms with E-state index in [9.17, 15) is 9.59 Å². The molecule has 116 valence electrons. The van der Waals surface area contributed by atoms with Crippen molar-refractivity contribution in [3.05, 3.63) is 18.5 Å². The molecule has 2 unspecified atom stereocenters. The Hall–Kier alpha value is -1.89. The van der Waals surface area contributed by atoms with E-state index in [4.69, 9.17) is 5.73 Å². The molecule has 1 aliphatic heterocycles. The molecule has 1 aromatic rings. The molecular formula is C14H23N5O2. The second-order valence-electron chi connectivity index (χ2n) is 5.48. The van der Waals surface area contributed by atoms with Crippen molar-refractivity contribution in [2.45, 2.75) is 31.8 Å². The van der Waals surface area contributed by atoms with Crippen LogP contribution < -0.4 is 5.73 Å². The first-order chi connectivity index (χ1) is 10.0. The van der Waals surface area contributed by atoms with Gasteiger partial charge in [-0.15, -0.1) is 0 Å². The van der Waals surface area contributed by atoms with Crippen molar-refractivity contribution in [3.63, 3.8) is 0 Å². The number of hydrogen-bond acceptors (Lipinski definition) is 4. The lowest BCUT2D eigenvalue weighted by Gasteiger charge is -2.27. The Morgan fingerprint density at radius 1 is 1.52 bits per heavy atom. The number of likely N-dealkylation sites (N-methyl/N-ethyl adjacent to an activating group) is 1. The Kier molecular flexibility index (Phi) is 4.95. The van der Waals surface area contributed by atoms with Crippen LogP contribution in [0, 0.1) is 0 Å². The largest absolute Gasteiger partial charge is 0.337 e. The van der Waals surface area contributed by atoms with Gasteiger partial charge in [-0.25, -0.2) is 0 Å². The van der Waals surface area contributed by atoms with E-state index < -0.39 is 6.04 Å². The summed E-state index contributed by atoms with van der Waals surface area (Å²) in [6, 6.07) is 1.47. The first-order valence-electron chi connectivity index (χ1n) is 7.28. The highest BCUT2D eigenvalue weighted by atomic mass is 16.2. The minimum absolute atomic E-state index is 0.0357. The molecule has 1 aromatic heterocycles. The molecule has 0 radical (unpaired) electrons. The summed E-state index contributed by atoms with van der Waals surface area (Å²) in [6.45, 7) is 3.07. The van der Waals surface area contributed by atoms with E-state index in [0.29, 0.717) is 6.54 Å². The Morgan fingerprint density at radius 2 is 2.29 bits per heavy atom. The van der Waals surface area contributed by atoms with Crippen LogP contribution in [-0.4, -0.2) is 64.1 Å². The lowest BCUT2D eigenvalue weighted by Crippen LogP contribution is -2.46. The number of aromatic nitrogens is 2. The molecule has 2 heterocycles.